The smallest absolute Gasteiger partial charge is 0.244 e. The number of aromatic nitrogens is 3. The number of hydrogen-bond donors (Lipinski definition) is 1. The topological polar surface area (TPSA) is 70.3 Å². The van der Waals surface area contributed by atoms with E-state index in [-0.39, 0.29) is 24.3 Å². The van der Waals surface area contributed by atoms with Crippen LogP contribution in [0.2, 0.25) is 0 Å². The van der Waals surface area contributed by atoms with Crippen molar-refractivity contribution in [1.29, 1.82) is 0 Å². The number of pyridine rings is 1. The Bertz CT molecular complexity index is 936. The first-order valence-corrected chi connectivity index (χ1v) is 9.55. The van der Waals surface area contributed by atoms with Gasteiger partial charge in [0.2, 0.25) is 11.7 Å². The molecule has 29 heavy (non-hydrogen) atoms. The first-order chi connectivity index (χ1) is 13.8. The molecule has 2 aliphatic rings. The van der Waals surface area contributed by atoms with Crippen LogP contribution >= 0.6 is 12.4 Å². The molecule has 9 heteroatoms. The molecule has 5 rings (SSSR count). The summed E-state index contributed by atoms with van der Waals surface area (Å²) in [6.07, 6.45) is 2.83. The molecular formula is C20H22ClFN6O. The van der Waals surface area contributed by atoms with E-state index in [1.54, 1.807) is 6.20 Å². The van der Waals surface area contributed by atoms with Gasteiger partial charge in [-0.05, 0) is 49.4 Å². The van der Waals surface area contributed by atoms with Crippen molar-refractivity contribution < 1.29 is 8.91 Å². The van der Waals surface area contributed by atoms with E-state index < -0.39 is 0 Å². The van der Waals surface area contributed by atoms with Gasteiger partial charge in [0, 0.05) is 43.6 Å². The fraction of sp³-hybridized carbons (Fsp3) is 0.350. The molecule has 4 heterocycles. The number of nitrogens with one attached hydrogen (secondary N) is 1. The summed E-state index contributed by atoms with van der Waals surface area (Å²) in [5, 5.41) is 7.32. The van der Waals surface area contributed by atoms with E-state index in [0.29, 0.717) is 11.7 Å². The van der Waals surface area contributed by atoms with Gasteiger partial charge < -0.3 is 19.6 Å². The summed E-state index contributed by atoms with van der Waals surface area (Å²) in [6, 6.07) is 10.8. The van der Waals surface area contributed by atoms with Crippen molar-refractivity contribution in [2.75, 3.05) is 42.5 Å². The van der Waals surface area contributed by atoms with Crippen LogP contribution in [0.15, 0.2) is 47.1 Å². The molecule has 2 aliphatic heterocycles. The lowest BCUT2D eigenvalue weighted by Crippen LogP contribution is -2.46. The van der Waals surface area contributed by atoms with Crippen LogP contribution in [0.1, 0.15) is 18.4 Å². The Hall–Kier alpha value is -2.71. The van der Waals surface area contributed by atoms with Crippen molar-refractivity contribution in [1.82, 2.24) is 20.4 Å². The van der Waals surface area contributed by atoms with Crippen molar-refractivity contribution in [3.05, 3.63) is 54.3 Å². The Balaban J connectivity index is 0.00000205. The summed E-state index contributed by atoms with van der Waals surface area (Å²) < 4.78 is 18.4. The number of hydrogen-bond acceptors (Lipinski definition) is 7. The predicted molar refractivity (Wildman–Crippen MR) is 111 cm³/mol. The molecule has 0 radical (unpaired) electrons. The van der Waals surface area contributed by atoms with Crippen LogP contribution in [0.4, 0.5) is 15.9 Å². The van der Waals surface area contributed by atoms with Crippen LogP contribution in [-0.2, 0) is 0 Å². The lowest BCUT2D eigenvalue weighted by atomic mass is 10.1. The van der Waals surface area contributed by atoms with Crippen molar-refractivity contribution in [3.63, 3.8) is 0 Å². The molecule has 1 atom stereocenters. The van der Waals surface area contributed by atoms with Crippen LogP contribution in [0.3, 0.4) is 0 Å². The number of halogens is 2. The zero-order valence-electron chi connectivity index (χ0n) is 15.8. The molecule has 0 bridgehead atoms. The standard InChI is InChI=1S/C20H21FN6O.ClH/c21-15-2-4-16(5-3-15)26-9-11-27(12-10-26)18-6-1-14(13-23-18)19-24-20(28-25-19)17-7-8-22-17;/h1-6,13,17,22H,7-12H2;1H/t17-;/m1./s1. The number of benzene rings is 1. The average molecular weight is 417 g/mol. The number of rotatable bonds is 4. The minimum Gasteiger partial charge on any atom is -0.368 e. The Morgan fingerprint density at radius 3 is 2.34 bits per heavy atom. The van der Waals surface area contributed by atoms with Gasteiger partial charge in [-0.2, -0.15) is 4.98 Å². The molecule has 2 fully saturated rings. The second-order valence-electron chi connectivity index (χ2n) is 7.11. The number of piperazine rings is 1. The van der Waals surface area contributed by atoms with Gasteiger partial charge in [-0.25, -0.2) is 9.37 Å². The van der Waals surface area contributed by atoms with E-state index in [0.717, 1.165) is 56.2 Å². The Labute approximate surface area is 174 Å². The number of nitrogens with zero attached hydrogens (tertiary/aromatic N) is 5. The lowest BCUT2D eigenvalue weighted by molar-refractivity contribution is 0.273. The highest BCUT2D eigenvalue weighted by Crippen LogP contribution is 2.25. The van der Waals surface area contributed by atoms with Gasteiger partial charge >= 0.3 is 0 Å². The maximum atomic E-state index is 13.1. The third-order valence-corrected chi connectivity index (χ3v) is 5.37. The van der Waals surface area contributed by atoms with Crippen LogP contribution in [0.25, 0.3) is 11.4 Å². The maximum Gasteiger partial charge on any atom is 0.244 e. The summed E-state index contributed by atoms with van der Waals surface area (Å²) in [6.45, 7) is 4.47. The molecule has 0 aliphatic carbocycles. The second kappa shape index (κ2) is 8.34. The van der Waals surface area contributed by atoms with E-state index in [1.165, 1.54) is 12.1 Å². The number of anilines is 2. The zero-order chi connectivity index (χ0) is 18.9. The molecule has 1 aromatic carbocycles. The third kappa shape index (κ3) is 4.04. The van der Waals surface area contributed by atoms with Gasteiger partial charge in [0.25, 0.3) is 0 Å². The molecule has 152 valence electrons. The molecular weight excluding hydrogens is 395 g/mol. The van der Waals surface area contributed by atoms with Crippen molar-refractivity contribution in [2.24, 2.45) is 0 Å². The minimum atomic E-state index is -0.204. The van der Waals surface area contributed by atoms with Gasteiger partial charge in [-0.1, -0.05) is 5.16 Å². The first-order valence-electron chi connectivity index (χ1n) is 9.55. The lowest BCUT2D eigenvalue weighted by Gasteiger charge is -2.36. The van der Waals surface area contributed by atoms with Gasteiger partial charge in [-0.15, -0.1) is 12.4 Å². The third-order valence-electron chi connectivity index (χ3n) is 5.37. The van der Waals surface area contributed by atoms with E-state index in [2.05, 4.69) is 30.2 Å². The second-order valence-corrected chi connectivity index (χ2v) is 7.11. The van der Waals surface area contributed by atoms with Gasteiger partial charge in [0.05, 0.1) is 6.04 Å². The Morgan fingerprint density at radius 1 is 1.00 bits per heavy atom. The van der Waals surface area contributed by atoms with Gasteiger partial charge in [0.15, 0.2) is 0 Å². The van der Waals surface area contributed by atoms with Crippen molar-refractivity contribution >= 4 is 23.9 Å². The molecule has 0 unspecified atom stereocenters. The molecule has 0 spiro atoms. The summed E-state index contributed by atoms with van der Waals surface area (Å²) in [5.74, 6) is 1.95. The largest absolute Gasteiger partial charge is 0.368 e. The highest BCUT2D eigenvalue weighted by molar-refractivity contribution is 5.85. The molecule has 0 amide bonds. The summed E-state index contributed by atoms with van der Waals surface area (Å²) in [7, 11) is 0. The highest BCUT2D eigenvalue weighted by atomic mass is 35.5. The van der Waals surface area contributed by atoms with Crippen molar-refractivity contribution in [3.8, 4) is 11.4 Å². The van der Waals surface area contributed by atoms with Gasteiger partial charge in [0.1, 0.15) is 11.6 Å². The molecule has 2 saturated heterocycles. The summed E-state index contributed by atoms with van der Waals surface area (Å²) >= 11 is 0. The molecule has 3 aromatic rings. The van der Waals surface area contributed by atoms with Crippen LogP contribution in [0.5, 0.6) is 0 Å². The maximum absolute atomic E-state index is 13.1. The van der Waals surface area contributed by atoms with Crippen molar-refractivity contribution in [2.45, 2.75) is 12.5 Å². The normalized spacial score (nSPS) is 18.9. The fourth-order valence-electron chi connectivity index (χ4n) is 3.54. The van der Waals surface area contributed by atoms with E-state index >= 15 is 0 Å². The van der Waals surface area contributed by atoms with Crippen LogP contribution in [-0.4, -0.2) is 47.8 Å². The van der Waals surface area contributed by atoms with E-state index in [9.17, 15) is 4.39 Å². The average Bonchev–Trinajstić information content (AvgIpc) is 3.17. The fourth-order valence-corrected chi connectivity index (χ4v) is 3.54. The predicted octanol–water partition coefficient (Wildman–Crippen LogP) is 3.05. The summed E-state index contributed by atoms with van der Waals surface area (Å²) in [5.41, 5.74) is 1.90. The molecule has 0 saturated carbocycles. The molecule has 2 aromatic heterocycles. The first kappa shape index (κ1) is 19.6. The van der Waals surface area contributed by atoms with E-state index in [4.69, 9.17) is 4.52 Å². The Kier molecular flexibility index (Phi) is 5.64. The van der Waals surface area contributed by atoms with Crippen LogP contribution in [0, 0.1) is 5.82 Å². The monoisotopic (exact) mass is 416 g/mol. The van der Waals surface area contributed by atoms with Gasteiger partial charge in [-0.3, -0.25) is 0 Å². The van der Waals surface area contributed by atoms with Crippen LogP contribution < -0.4 is 15.1 Å². The minimum absolute atomic E-state index is 0. The highest BCUT2D eigenvalue weighted by Gasteiger charge is 2.25. The SMILES string of the molecule is Cl.Fc1ccc(N2CCN(c3ccc(-c4noc([C@H]5CCN5)n4)cn3)CC2)cc1. The van der Waals surface area contributed by atoms with E-state index in [1.807, 2.05) is 24.3 Å². The quantitative estimate of drug-likeness (QED) is 0.700. The summed E-state index contributed by atoms with van der Waals surface area (Å²) in [4.78, 5) is 13.6. The zero-order valence-corrected chi connectivity index (χ0v) is 16.6. The molecule has 1 N–H and O–H groups in total. The molecule has 7 nitrogen and oxygen atoms in total. The Morgan fingerprint density at radius 2 is 1.72 bits per heavy atom.